The number of nitrogens with one attached hydrogen (secondary N) is 4. The Labute approximate surface area is 309 Å². The van der Waals surface area contributed by atoms with Gasteiger partial charge in [-0.1, -0.05) is 41.6 Å². The molecular weight excluding hydrogens is 693 g/mol. The van der Waals surface area contributed by atoms with Gasteiger partial charge in [0.2, 0.25) is 0 Å². The highest BCUT2D eigenvalue weighted by atomic mass is 16.5. The van der Waals surface area contributed by atoms with Crippen molar-refractivity contribution in [1.29, 1.82) is 0 Å². The minimum Gasteiger partial charge on any atom is -0.364 e. The number of nitrogens with zero attached hydrogens (tertiary/aromatic N) is 10. The van der Waals surface area contributed by atoms with E-state index in [-0.39, 0.29) is 0 Å². The monoisotopic (exact) mass is 716 g/mol. The quantitative estimate of drug-likeness (QED) is 0.126. The van der Waals surface area contributed by atoms with E-state index in [0.29, 0.717) is 79.0 Å². The van der Waals surface area contributed by atoms with Gasteiger partial charge >= 0.3 is 0 Å². The molecule has 260 valence electrons. The molecule has 0 radical (unpaired) electrons. The number of fused-ring (bicyclic) bond motifs is 3. The fourth-order valence-electron chi connectivity index (χ4n) is 7.35. The van der Waals surface area contributed by atoms with Crippen LogP contribution in [0.3, 0.4) is 0 Å². The second-order valence-electron chi connectivity index (χ2n) is 12.7. The van der Waals surface area contributed by atoms with E-state index in [0.717, 1.165) is 33.2 Å². The lowest BCUT2D eigenvalue weighted by Gasteiger charge is -2.24. The topological polar surface area (TPSA) is 205 Å². The van der Waals surface area contributed by atoms with Crippen LogP contribution < -0.4 is 0 Å². The molecular formula is C40H24N14O. The van der Waals surface area contributed by atoms with Crippen molar-refractivity contribution in [3.05, 3.63) is 122 Å². The summed E-state index contributed by atoms with van der Waals surface area (Å²) in [5.74, 6) is 1.33. The van der Waals surface area contributed by atoms with Crippen molar-refractivity contribution in [2.45, 2.75) is 0 Å². The van der Waals surface area contributed by atoms with Crippen LogP contribution in [0, 0.1) is 0 Å². The number of rotatable bonds is 7. The molecule has 11 rings (SSSR count). The number of hydrogen-bond donors (Lipinski definition) is 4. The van der Waals surface area contributed by atoms with E-state index in [2.05, 4.69) is 40.8 Å². The van der Waals surface area contributed by atoms with Crippen LogP contribution in [0.15, 0.2) is 127 Å². The normalized spacial score (nSPS) is 11.6. The molecule has 3 aromatic carbocycles. The third kappa shape index (κ3) is 4.84. The minimum atomic E-state index is 0.394. The predicted octanol–water partition coefficient (Wildman–Crippen LogP) is 7.67. The summed E-state index contributed by atoms with van der Waals surface area (Å²) in [5, 5.41) is 30.2. The van der Waals surface area contributed by atoms with Crippen LogP contribution in [-0.4, -0.2) is 70.9 Å². The zero-order chi connectivity index (χ0) is 36.3. The second kappa shape index (κ2) is 12.2. The van der Waals surface area contributed by atoms with Crippen LogP contribution in [0.25, 0.3) is 112 Å². The summed E-state index contributed by atoms with van der Waals surface area (Å²) in [6, 6.07) is 29.3. The zero-order valence-electron chi connectivity index (χ0n) is 28.4. The Morgan fingerprint density at radius 3 is 2.25 bits per heavy atom. The molecule has 11 aromatic rings. The fraction of sp³-hybridized carbons (Fsp3) is 0. The molecule has 0 amide bonds. The Morgan fingerprint density at radius 1 is 0.582 bits per heavy atom. The van der Waals surface area contributed by atoms with E-state index in [4.69, 9.17) is 34.5 Å². The summed E-state index contributed by atoms with van der Waals surface area (Å²) in [5.41, 5.74) is 9.30. The van der Waals surface area contributed by atoms with Gasteiger partial charge in [0.05, 0.1) is 39.2 Å². The highest BCUT2D eigenvalue weighted by molar-refractivity contribution is 6.24. The summed E-state index contributed by atoms with van der Waals surface area (Å²) >= 11 is 0. The first-order valence-corrected chi connectivity index (χ1v) is 17.3. The molecule has 0 saturated carbocycles. The van der Waals surface area contributed by atoms with Crippen LogP contribution in [0.4, 0.5) is 0 Å². The number of imidazole rings is 1. The molecule has 0 spiro atoms. The number of aromatic amines is 4. The summed E-state index contributed by atoms with van der Waals surface area (Å²) in [4.78, 5) is 32.5. The van der Waals surface area contributed by atoms with Crippen molar-refractivity contribution in [2.24, 2.45) is 0 Å². The fourth-order valence-corrected chi connectivity index (χ4v) is 7.35. The Bertz CT molecular complexity index is 3100. The summed E-state index contributed by atoms with van der Waals surface area (Å²) in [6.45, 7) is 0. The smallest absolute Gasteiger partial charge is 0.180 e. The van der Waals surface area contributed by atoms with Gasteiger partial charge in [0.25, 0.3) is 0 Å². The number of tetrazole rings is 1. The Kier molecular flexibility index (Phi) is 6.75. The lowest BCUT2D eigenvalue weighted by Crippen LogP contribution is -2.06. The molecule has 15 heteroatoms. The Hall–Kier alpha value is -8.20. The van der Waals surface area contributed by atoms with Gasteiger partial charge in [0.15, 0.2) is 17.5 Å². The molecule has 8 heterocycles. The number of hydrogen-bond acceptors (Lipinski definition) is 11. The van der Waals surface area contributed by atoms with Crippen molar-refractivity contribution < 1.29 is 4.52 Å². The zero-order valence-corrected chi connectivity index (χ0v) is 28.4. The minimum absolute atomic E-state index is 0.394. The van der Waals surface area contributed by atoms with E-state index >= 15 is 0 Å². The third-order valence-electron chi connectivity index (χ3n) is 9.59. The number of aromatic nitrogens is 14. The maximum Gasteiger partial charge on any atom is 0.180 e. The maximum absolute atomic E-state index is 5.58. The second-order valence-corrected chi connectivity index (χ2v) is 12.7. The molecule has 0 saturated heterocycles. The van der Waals surface area contributed by atoms with E-state index in [1.54, 1.807) is 24.7 Å². The molecule has 0 aliphatic carbocycles. The average molecular weight is 717 g/mol. The van der Waals surface area contributed by atoms with Crippen LogP contribution in [0.2, 0.25) is 0 Å². The Balaban J connectivity index is 1.46. The molecule has 0 atom stereocenters. The molecule has 0 fully saturated rings. The summed E-state index contributed by atoms with van der Waals surface area (Å²) in [6.07, 6.45) is 8.59. The van der Waals surface area contributed by atoms with Gasteiger partial charge in [-0.05, 0) is 59.0 Å². The number of pyridine rings is 2. The van der Waals surface area contributed by atoms with Gasteiger partial charge in [-0.2, -0.15) is 5.10 Å². The van der Waals surface area contributed by atoms with Crippen LogP contribution >= 0.6 is 0 Å². The molecule has 0 bridgehead atoms. The SMILES string of the molecule is c1cnc(-c2c(-c3nc4ccccc4[nH]3)nc(-c3ccc4ccccc4n3)c3c(-c4ccc[nH]4)c(-c4nnn[nH]4)c(-c4cc[nH]n4)c(-c4ccon4)c23)nc1. The van der Waals surface area contributed by atoms with Gasteiger partial charge in [0.1, 0.15) is 17.7 Å². The van der Waals surface area contributed by atoms with Gasteiger partial charge < -0.3 is 14.5 Å². The van der Waals surface area contributed by atoms with Gasteiger partial charge in [-0.25, -0.2) is 30.0 Å². The molecule has 0 aliphatic heterocycles. The van der Waals surface area contributed by atoms with Crippen molar-refractivity contribution in [2.75, 3.05) is 0 Å². The highest BCUT2D eigenvalue weighted by Gasteiger charge is 2.34. The van der Waals surface area contributed by atoms with E-state index in [1.807, 2.05) is 91.1 Å². The lowest BCUT2D eigenvalue weighted by molar-refractivity contribution is 0.422. The number of para-hydroxylation sites is 3. The van der Waals surface area contributed by atoms with Crippen molar-refractivity contribution in [1.82, 2.24) is 70.9 Å². The van der Waals surface area contributed by atoms with Gasteiger partial charge in [0, 0.05) is 75.0 Å². The van der Waals surface area contributed by atoms with Crippen molar-refractivity contribution >= 4 is 32.7 Å². The van der Waals surface area contributed by atoms with Crippen LogP contribution in [0.5, 0.6) is 0 Å². The maximum atomic E-state index is 5.58. The van der Waals surface area contributed by atoms with Gasteiger partial charge in [-0.15, -0.1) is 5.10 Å². The highest BCUT2D eigenvalue weighted by Crippen LogP contribution is 2.54. The molecule has 0 unspecified atom stereocenters. The average Bonchev–Trinajstić information content (AvgIpc) is 4.10. The lowest BCUT2D eigenvalue weighted by atomic mass is 9.81. The van der Waals surface area contributed by atoms with E-state index in [1.165, 1.54) is 6.26 Å². The summed E-state index contributed by atoms with van der Waals surface area (Å²) in [7, 11) is 0. The van der Waals surface area contributed by atoms with Crippen LogP contribution in [-0.2, 0) is 0 Å². The largest absolute Gasteiger partial charge is 0.364 e. The first-order valence-electron chi connectivity index (χ1n) is 17.3. The predicted molar refractivity (Wildman–Crippen MR) is 205 cm³/mol. The number of H-pyrrole nitrogens is 4. The van der Waals surface area contributed by atoms with Crippen molar-refractivity contribution in [3.63, 3.8) is 0 Å². The first-order chi connectivity index (χ1) is 27.3. The molecule has 8 aromatic heterocycles. The molecule has 0 aliphatic rings. The molecule has 4 N–H and O–H groups in total. The van der Waals surface area contributed by atoms with E-state index < -0.39 is 0 Å². The van der Waals surface area contributed by atoms with Crippen LogP contribution in [0.1, 0.15) is 0 Å². The Morgan fingerprint density at radius 2 is 1.47 bits per heavy atom. The molecule has 55 heavy (non-hydrogen) atoms. The first kappa shape index (κ1) is 30.4. The standard InChI is InChI=1S/C40H24N14O/c1-2-8-22-21(7-1)12-13-28(45-22)36-33-29(25-11-5-16-41-25)34(39-50-53-54-51-39)30(26-14-19-44-49-26)31(27-15-20-55-52-27)32(33)35(38-42-17-6-18-43-38)37(48-36)40-46-23-9-3-4-10-24(23)47-40/h1-20,41H,(H,44,49)(H,46,47)(H,50,51,53,54). The molecule has 15 nitrogen and oxygen atoms in total. The van der Waals surface area contributed by atoms with Gasteiger partial charge in [-0.3, -0.25) is 5.10 Å². The van der Waals surface area contributed by atoms with E-state index in [9.17, 15) is 0 Å². The third-order valence-corrected chi connectivity index (χ3v) is 9.59. The summed E-state index contributed by atoms with van der Waals surface area (Å²) < 4.78 is 5.58. The number of benzene rings is 3. The van der Waals surface area contributed by atoms with Crippen molar-refractivity contribution in [3.8, 4) is 79.5 Å².